The molecular weight excluding hydrogens is 290 g/mol. The van der Waals surface area contributed by atoms with Gasteiger partial charge in [-0.2, -0.15) is 0 Å². The molecule has 2 rings (SSSR count). The van der Waals surface area contributed by atoms with Gasteiger partial charge in [-0.05, 0) is 43.4 Å². The Hall–Kier alpha value is -0.830. The molecule has 2 atom stereocenters. The van der Waals surface area contributed by atoms with Crippen LogP contribution in [0.1, 0.15) is 48.5 Å². The zero-order chi connectivity index (χ0) is 13.1. The third-order valence-electron chi connectivity index (χ3n) is 3.71. The standard InChI is InChI=1S/C15H20BrNO/c1-10-4-3-5-13(8-10)17-15(18)12-7-6-11(2)14(16)9-12/h6-7,9-10,13H,3-5,8H2,1-2H3,(H,17,18). The minimum Gasteiger partial charge on any atom is -0.349 e. The molecule has 1 amide bonds. The molecule has 3 heteroatoms. The zero-order valence-corrected chi connectivity index (χ0v) is 12.6. The number of aryl methyl sites for hydroxylation is 1. The molecule has 1 N–H and O–H groups in total. The smallest absolute Gasteiger partial charge is 0.251 e. The quantitative estimate of drug-likeness (QED) is 0.876. The number of amides is 1. The van der Waals surface area contributed by atoms with Crippen LogP contribution < -0.4 is 5.32 Å². The summed E-state index contributed by atoms with van der Waals surface area (Å²) in [6.07, 6.45) is 4.74. The first-order valence-corrected chi connectivity index (χ1v) is 7.42. The van der Waals surface area contributed by atoms with Crippen molar-refractivity contribution < 1.29 is 4.79 Å². The first-order chi connectivity index (χ1) is 8.56. The second-order valence-electron chi connectivity index (χ2n) is 5.41. The lowest BCUT2D eigenvalue weighted by atomic mass is 9.87. The molecule has 0 saturated heterocycles. The molecule has 1 aliphatic carbocycles. The average Bonchev–Trinajstić information content (AvgIpc) is 2.32. The van der Waals surface area contributed by atoms with Crippen LogP contribution in [-0.2, 0) is 0 Å². The van der Waals surface area contributed by atoms with Gasteiger partial charge in [0.2, 0.25) is 0 Å². The highest BCUT2D eigenvalue weighted by atomic mass is 79.9. The monoisotopic (exact) mass is 309 g/mol. The maximum absolute atomic E-state index is 12.2. The fourth-order valence-corrected chi connectivity index (χ4v) is 2.95. The molecule has 1 fully saturated rings. The Balaban J connectivity index is 2.00. The van der Waals surface area contributed by atoms with Crippen LogP contribution in [0.25, 0.3) is 0 Å². The molecule has 0 spiro atoms. The zero-order valence-electron chi connectivity index (χ0n) is 11.0. The van der Waals surface area contributed by atoms with Crippen molar-refractivity contribution in [2.24, 2.45) is 5.92 Å². The molecule has 1 aromatic carbocycles. The Kier molecular flexibility index (Phi) is 4.44. The van der Waals surface area contributed by atoms with Crippen molar-refractivity contribution in [1.82, 2.24) is 5.32 Å². The van der Waals surface area contributed by atoms with Crippen molar-refractivity contribution >= 4 is 21.8 Å². The topological polar surface area (TPSA) is 29.1 Å². The maximum atomic E-state index is 12.2. The van der Waals surface area contributed by atoms with Crippen LogP contribution in [0.2, 0.25) is 0 Å². The van der Waals surface area contributed by atoms with Gasteiger partial charge in [-0.15, -0.1) is 0 Å². The minimum absolute atomic E-state index is 0.0507. The first-order valence-electron chi connectivity index (χ1n) is 6.63. The molecule has 18 heavy (non-hydrogen) atoms. The van der Waals surface area contributed by atoms with Crippen molar-refractivity contribution in [1.29, 1.82) is 0 Å². The van der Waals surface area contributed by atoms with Crippen molar-refractivity contribution in [3.63, 3.8) is 0 Å². The van der Waals surface area contributed by atoms with E-state index in [0.29, 0.717) is 6.04 Å². The summed E-state index contributed by atoms with van der Waals surface area (Å²) in [4.78, 5) is 12.2. The molecule has 0 bridgehead atoms. The summed E-state index contributed by atoms with van der Waals surface area (Å²) >= 11 is 3.47. The molecule has 1 saturated carbocycles. The van der Waals surface area contributed by atoms with Crippen molar-refractivity contribution in [3.8, 4) is 0 Å². The Morgan fingerprint density at radius 2 is 2.17 bits per heavy atom. The van der Waals surface area contributed by atoms with E-state index in [4.69, 9.17) is 0 Å². The largest absolute Gasteiger partial charge is 0.349 e. The van der Waals surface area contributed by atoms with Crippen LogP contribution in [-0.4, -0.2) is 11.9 Å². The summed E-state index contributed by atoms with van der Waals surface area (Å²) in [5, 5.41) is 3.15. The van der Waals surface area contributed by atoms with Gasteiger partial charge in [0.15, 0.2) is 0 Å². The van der Waals surface area contributed by atoms with Crippen LogP contribution in [0.15, 0.2) is 22.7 Å². The highest BCUT2D eigenvalue weighted by molar-refractivity contribution is 9.10. The molecule has 98 valence electrons. The molecule has 0 aliphatic heterocycles. The van der Waals surface area contributed by atoms with Gasteiger partial charge < -0.3 is 5.32 Å². The van der Waals surface area contributed by atoms with Gasteiger partial charge in [-0.25, -0.2) is 0 Å². The molecule has 2 unspecified atom stereocenters. The molecule has 0 aromatic heterocycles. The predicted molar refractivity (Wildman–Crippen MR) is 77.8 cm³/mol. The number of benzene rings is 1. The summed E-state index contributed by atoms with van der Waals surface area (Å²) in [6, 6.07) is 6.11. The second-order valence-corrected chi connectivity index (χ2v) is 6.26. The van der Waals surface area contributed by atoms with Gasteiger partial charge in [0.25, 0.3) is 5.91 Å². The lowest BCUT2D eigenvalue weighted by Crippen LogP contribution is -2.37. The Bertz CT molecular complexity index is 444. The number of hydrogen-bond donors (Lipinski definition) is 1. The third kappa shape index (κ3) is 3.35. The fraction of sp³-hybridized carbons (Fsp3) is 0.533. The number of nitrogens with one attached hydrogen (secondary N) is 1. The Labute approximate surface area is 117 Å². The predicted octanol–water partition coefficient (Wildman–Crippen LogP) is 4.07. The molecule has 2 nitrogen and oxygen atoms in total. The number of carbonyl (C=O) groups is 1. The van der Waals surface area contributed by atoms with Gasteiger partial charge >= 0.3 is 0 Å². The van der Waals surface area contributed by atoms with Crippen LogP contribution in [0.3, 0.4) is 0 Å². The summed E-state index contributed by atoms with van der Waals surface area (Å²) in [5.41, 5.74) is 1.89. The first kappa shape index (κ1) is 13.6. The fourth-order valence-electron chi connectivity index (χ4n) is 2.57. The third-order valence-corrected chi connectivity index (χ3v) is 4.56. The van der Waals surface area contributed by atoms with E-state index in [1.807, 2.05) is 25.1 Å². The normalized spacial score (nSPS) is 23.7. The lowest BCUT2D eigenvalue weighted by Gasteiger charge is -2.27. The van der Waals surface area contributed by atoms with Crippen molar-refractivity contribution in [2.75, 3.05) is 0 Å². The number of rotatable bonds is 2. The summed E-state index contributed by atoms with van der Waals surface area (Å²) in [5.74, 6) is 0.781. The van der Waals surface area contributed by atoms with Crippen molar-refractivity contribution in [2.45, 2.75) is 45.6 Å². The number of carbonyl (C=O) groups excluding carboxylic acids is 1. The van der Waals surface area contributed by atoms with Crippen LogP contribution in [0.4, 0.5) is 0 Å². The second kappa shape index (κ2) is 5.87. The number of halogens is 1. The van der Waals surface area contributed by atoms with E-state index in [1.165, 1.54) is 12.8 Å². The highest BCUT2D eigenvalue weighted by Gasteiger charge is 2.20. The molecule has 0 heterocycles. The van der Waals surface area contributed by atoms with E-state index < -0.39 is 0 Å². The van der Waals surface area contributed by atoms with Gasteiger partial charge in [0.1, 0.15) is 0 Å². The molecule has 1 aliphatic rings. The maximum Gasteiger partial charge on any atom is 0.251 e. The van der Waals surface area contributed by atoms with E-state index in [2.05, 4.69) is 28.2 Å². The summed E-state index contributed by atoms with van der Waals surface area (Å²) in [7, 11) is 0. The average molecular weight is 310 g/mol. The Morgan fingerprint density at radius 1 is 1.39 bits per heavy atom. The van der Waals surface area contributed by atoms with Gasteiger partial charge in [-0.1, -0.05) is 41.8 Å². The van der Waals surface area contributed by atoms with E-state index in [-0.39, 0.29) is 5.91 Å². The summed E-state index contributed by atoms with van der Waals surface area (Å²) in [6.45, 7) is 4.29. The highest BCUT2D eigenvalue weighted by Crippen LogP contribution is 2.24. The van der Waals surface area contributed by atoms with E-state index in [1.54, 1.807) is 0 Å². The minimum atomic E-state index is 0.0507. The van der Waals surface area contributed by atoms with E-state index in [9.17, 15) is 4.79 Å². The van der Waals surface area contributed by atoms with Crippen molar-refractivity contribution in [3.05, 3.63) is 33.8 Å². The van der Waals surface area contributed by atoms with Crippen LogP contribution in [0.5, 0.6) is 0 Å². The van der Waals surface area contributed by atoms with Crippen LogP contribution >= 0.6 is 15.9 Å². The lowest BCUT2D eigenvalue weighted by molar-refractivity contribution is 0.0921. The number of hydrogen-bond acceptors (Lipinski definition) is 1. The molecule has 0 radical (unpaired) electrons. The van der Waals surface area contributed by atoms with E-state index >= 15 is 0 Å². The summed E-state index contributed by atoms with van der Waals surface area (Å²) < 4.78 is 0.993. The van der Waals surface area contributed by atoms with Gasteiger partial charge in [-0.3, -0.25) is 4.79 Å². The van der Waals surface area contributed by atoms with Gasteiger partial charge in [0.05, 0.1) is 0 Å². The van der Waals surface area contributed by atoms with Crippen LogP contribution in [0, 0.1) is 12.8 Å². The van der Waals surface area contributed by atoms with E-state index in [0.717, 1.165) is 34.4 Å². The molecule has 1 aromatic rings. The SMILES string of the molecule is Cc1ccc(C(=O)NC2CCCC(C)C2)cc1Br. The van der Waals surface area contributed by atoms with Gasteiger partial charge in [0, 0.05) is 16.1 Å². The Morgan fingerprint density at radius 3 is 2.83 bits per heavy atom. The molecular formula is C15H20BrNO.